The number of tetrazole rings is 1. The third-order valence-corrected chi connectivity index (χ3v) is 3.72. The second kappa shape index (κ2) is 7.19. The van der Waals surface area contributed by atoms with Crippen molar-refractivity contribution < 1.29 is 27.5 Å². The van der Waals surface area contributed by atoms with Gasteiger partial charge in [-0.1, -0.05) is 12.1 Å². The molecule has 8 nitrogen and oxygen atoms in total. The van der Waals surface area contributed by atoms with Crippen molar-refractivity contribution in [3.63, 3.8) is 0 Å². The second-order valence-electron chi connectivity index (χ2n) is 5.65. The zero-order valence-corrected chi connectivity index (χ0v) is 14.0. The van der Waals surface area contributed by atoms with Crippen molar-refractivity contribution >= 4 is 0 Å². The van der Waals surface area contributed by atoms with Crippen molar-refractivity contribution in [1.29, 1.82) is 0 Å². The summed E-state index contributed by atoms with van der Waals surface area (Å²) >= 11 is 0. The highest BCUT2D eigenvalue weighted by Gasteiger charge is 2.31. The number of aromatic nitrogens is 4. The molecule has 0 radical (unpaired) electrons. The van der Waals surface area contributed by atoms with Gasteiger partial charge in [-0.05, 0) is 47.2 Å². The fourth-order valence-corrected chi connectivity index (χ4v) is 2.49. The zero-order chi connectivity index (χ0) is 19.6. The van der Waals surface area contributed by atoms with Crippen molar-refractivity contribution in [1.82, 2.24) is 26.1 Å². The Morgan fingerprint density at radius 3 is 2.32 bits per heavy atom. The van der Waals surface area contributed by atoms with E-state index in [0.717, 1.165) is 5.56 Å². The largest absolute Gasteiger partial charge is 0.573 e. The fourth-order valence-electron chi connectivity index (χ4n) is 2.49. The van der Waals surface area contributed by atoms with Crippen LogP contribution in [0, 0.1) is 0 Å². The number of rotatable bonds is 5. The van der Waals surface area contributed by atoms with Crippen LogP contribution in [-0.2, 0) is 4.84 Å². The van der Waals surface area contributed by atoms with E-state index in [0.29, 0.717) is 23.0 Å². The molecule has 1 aromatic heterocycles. The van der Waals surface area contributed by atoms with Gasteiger partial charge < -0.3 is 9.47 Å². The first kappa shape index (κ1) is 17.8. The molecule has 0 aliphatic carbocycles. The molecule has 3 aromatic rings. The Kier molecular flexibility index (Phi) is 4.57. The Hall–Kier alpha value is -3.60. The summed E-state index contributed by atoms with van der Waals surface area (Å²) in [6, 6.07) is 12.4. The van der Waals surface area contributed by atoms with E-state index in [4.69, 9.17) is 9.57 Å². The van der Waals surface area contributed by atoms with Gasteiger partial charge >= 0.3 is 6.36 Å². The van der Waals surface area contributed by atoms with E-state index in [-0.39, 0.29) is 5.75 Å². The van der Waals surface area contributed by atoms with Crippen LogP contribution in [0.1, 0.15) is 11.7 Å². The maximum absolute atomic E-state index is 12.2. The quantitative estimate of drug-likeness (QED) is 0.689. The van der Waals surface area contributed by atoms with Crippen LogP contribution in [0.2, 0.25) is 0 Å². The summed E-state index contributed by atoms with van der Waals surface area (Å²) in [6.07, 6.45) is -3.59. The van der Waals surface area contributed by atoms with Crippen molar-refractivity contribution in [3.05, 3.63) is 66.1 Å². The molecule has 0 fully saturated rings. The van der Waals surface area contributed by atoms with Crippen LogP contribution in [0.25, 0.3) is 11.4 Å². The highest BCUT2D eigenvalue weighted by Crippen LogP contribution is 2.29. The van der Waals surface area contributed by atoms with Gasteiger partial charge in [0.2, 0.25) is 11.7 Å². The lowest BCUT2D eigenvalue weighted by molar-refractivity contribution is -0.274. The number of alkyl halides is 3. The van der Waals surface area contributed by atoms with Crippen LogP contribution >= 0.6 is 0 Å². The van der Waals surface area contributed by atoms with Gasteiger partial charge in [0.25, 0.3) is 0 Å². The number of nitrogens with one attached hydrogen (secondary N) is 2. The minimum atomic E-state index is -4.73. The summed E-state index contributed by atoms with van der Waals surface area (Å²) in [5.41, 5.74) is 4.04. The fraction of sp³-hybridized carbons (Fsp3) is 0.118. The highest BCUT2D eigenvalue weighted by molar-refractivity contribution is 5.55. The van der Waals surface area contributed by atoms with E-state index in [2.05, 4.69) is 30.8 Å². The number of H-pyrrole nitrogens is 1. The minimum Gasteiger partial charge on any atom is -0.439 e. The van der Waals surface area contributed by atoms with Gasteiger partial charge in [0.15, 0.2) is 0 Å². The first-order valence-electron chi connectivity index (χ1n) is 7.97. The molecule has 11 heteroatoms. The molecule has 1 atom stereocenters. The van der Waals surface area contributed by atoms with Gasteiger partial charge in [0.05, 0.1) is 0 Å². The van der Waals surface area contributed by atoms with Crippen LogP contribution in [0.4, 0.5) is 13.2 Å². The molecular weight excluding hydrogens is 379 g/mol. The lowest BCUT2D eigenvalue weighted by atomic mass is 10.1. The molecule has 0 bridgehead atoms. The molecule has 0 unspecified atom stereocenters. The standard InChI is InChI=1S/C17H12F3N5O3/c18-17(19,20)27-13-7-1-10(2-8-13)14-9-15(23-28-14)26-12-5-3-11(4-6-12)16-21-24-25-22-16/h1-9,14,23H,(H,21,22,24,25)/t14-/m1/s1. The predicted molar refractivity (Wildman–Crippen MR) is 88.4 cm³/mol. The molecular formula is C17H12F3N5O3. The average Bonchev–Trinajstić information content (AvgIpc) is 3.34. The molecule has 1 aliphatic heterocycles. The number of hydroxylamine groups is 1. The Bertz CT molecular complexity index is 957. The van der Waals surface area contributed by atoms with Gasteiger partial charge in [0, 0.05) is 11.6 Å². The van der Waals surface area contributed by atoms with Gasteiger partial charge in [0.1, 0.15) is 17.6 Å². The maximum atomic E-state index is 12.2. The molecule has 2 aromatic carbocycles. The molecule has 0 spiro atoms. The summed E-state index contributed by atoms with van der Waals surface area (Å²) in [5.74, 6) is 1.06. The number of benzene rings is 2. The van der Waals surface area contributed by atoms with E-state index in [1.165, 1.54) is 24.3 Å². The van der Waals surface area contributed by atoms with Gasteiger partial charge in [-0.25, -0.2) is 5.48 Å². The van der Waals surface area contributed by atoms with Crippen LogP contribution in [0.15, 0.2) is 60.5 Å². The SMILES string of the molecule is FC(F)(F)Oc1ccc([C@H]2C=C(Oc3ccc(-c4nn[nH]n4)cc3)NO2)cc1. The number of ether oxygens (including phenoxy) is 2. The van der Waals surface area contributed by atoms with Gasteiger partial charge in [-0.3, -0.25) is 4.84 Å². The van der Waals surface area contributed by atoms with Crippen LogP contribution in [-0.4, -0.2) is 27.0 Å². The van der Waals surface area contributed by atoms with E-state index < -0.39 is 12.5 Å². The van der Waals surface area contributed by atoms with E-state index in [1.807, 2.05) is 0 Å². The normalized spacial score (nSPS) is 16.4. The Labute approximate surface area is 155 Å². The monoisotopic (exact) mass is 391 g/mol. The number of nitrogens with zero attached hydrogens (tertiary/aromatic N) is 3. The third-order valence-electron chi connectivity index (χ3n) is 3.72. The Morgan fingerprint density at radius 1 is 0.964 bits per heavy atom. The number of aromatic amines is 1. The van der Waals surface area contributed by atoms with E-state index in [9.17, 15) is 13.2 Å². The van der Waals surface area contributed by atoms with Crippen molar-refractivity contribution in [3.8, 4) is 22.9 Å². The number of hydrogen-bond acceptors (Lipinski definition) is 7. The minimum absolute atomic E-state index is 0.302. The summed E-state index contributed by atoms with van der Waals surface area (Å²) < 4.78 is 46.2. The summed E-state index contributed by atoms with van der Waals surface area (Å²) in [6.45, 7) is 0. The molecule has 2 heterocycles. The molecule has 2 N–H and O–H groups in total. The topological polar surface area (TPSA) is 94.2 Å². The van der Waals surface area contributed by atoms with Crippen molar-refractivity contribution in [2.24, 2.45) is 0 Å². The van der Waals surface area contributed by atoms with Crippen LogP contribution in [0.3, 0.4) is 0 Å². The van der Waals surface area contributed by atoms with E-state index >= 15 is 0 Å². The molecule has 28 heavy (non-hydrogen) atoms. The molecule has 0 amide bonds. The lowest BCUT2D eigenvalue weighted by Crippen LogP contribution is -2.17. The number of halogens is 3. The molecule has 1 aliphatic rings. The third kappa shape index (κ3) is 4.20. The maximum Gasteiger partial charge on any atom is 0.573 e. The molecule has 0 saturated heterocycles. The average molecular weight is 391 g/mol. The highest BCUT2D eigenvalue weighted by atomic mass is 19.4. The summed E-state index contributed by atoms with van der Waals surface area (Å²) in [7, 11) is 0. The van der Waals surface area contributed by atoms with E-state index in [1.54, 1.807) is 30.3 Å². The Morgan fingerprint density at radius 2 is 1.68 bits per heavy atom. The Balaban J connectivity index is 1.40. The molecule has 0 saturated carbocycles. The first-order chi connectivity index (χ1) is 13.5. The predicted octanol–water partition coefficient (Wildman–Crippen LogP) is 3.26. The van der Waals surface area contributed by atoms with Gasteiger partial charge in [-0.15, -0.1) is 23.4 Å². The number of hydrogen-bond donors (Lipinski definition) is 2. The second-order valence-corrected chi connectivity index (χ2v) is 5.65. The van der Waals surface area contributed by atoms with Crippen molar-refractivity contribution in [2.45, 2.75) is 12.5 Å². The summed E-state index contributed by atoms with van der Waals surface area (Å²) in [4.78, 5) is 5.38. The van der Waals surface area contributed by atoms with Crippen molar-refractivity contribution in [2.75, 3.05) is 0 Å². The zero-order valence-electron chi connectivity index (χ0n) is 14.0. The molecule has 4 rings (SSSR count). The molecule has 144 valence electrons. The van der Waals surface area contributed by atoms with Crippen LogP contribution in [0.5, 0.6) is 11.5 Å². The van der Waals surface area contributed by atoms with Crippen LogP contribution < -0.4 is 15.0 Å². The lowest BCUT2D eigenvalue weighted by Gasteiger charge is -2.11. The first-order valence-corrected chi connectivity index (χ1v) is 7.97. The van der Waals surface area contributed by atoms with Gasteiger partial charge in [-0.2, -0.15) is 5.21 Å². The summed E-state index contributed by atoms with van der Waals surface area (Å²) in [5, 5.41) is 13.6. The smallest absolute Gasteiger partial charge is 0.439 e.